The summed E-state index contributed by atoms with van der Waals surface area (Å²) >= 11 is 1.23. The summed E-state index contributed by atoms with van der Waals surface area (Å²) in [4.78, 5) is 28.3. The number of hydrogen-bond acceptors (Lipinski definition) is 5. The second-order valence-corrected chi connectivity index (χ2v) is 7.34. The third kappa shape index (κ3) is 4.53. The number of hydrogen-bond donors (Lipinski definition) is 2. The van der Waals surface area contributed by atoms with Crippen molar-refractivity contribution in [2.75, 3.05) is 5.32 Å². The normalized spacial score (nSPS) is 10.4. The highest BCUT2D eigenvalue weighted by Gasteiger charge is 2.13. The van der Waals surface area contributed by atoms with Crippen LogP contribution < -0.4 is 10.1 Å². The first-order valence-corrected chi connectivity index (χ1v) is 9.84. The van der Waals surface area contributed by atoms with Gasteiger partial charge in [-0.15, -0.1) is 11.3 Å². The molecule has 148 valence electrons. The van der Waals surface area contributed by atoms with Crippen molar-refractivity contribution in [1.29, 1.82) is 0 Å². The van der Waals surface area contributed by atoms with Crippen molar-refractivity contribution in [3.63, 3.8) is 0 Å². The third-order valence-electron chi connectivity index (χ3n) is 4.18. The van der Waals surface area contributed by atoms with E-state index in [2.05, 4.69) is 10.3 Å². The zero-order chi connectivity index (χ0) is 20.9. The standard InChI is InChI=1S/C23H16N2O4S/c26-21(20-14-24-22(30-20)15-9-11-16(12-10-15)23(27)28)25-17-5-4-8-19(13-17)29-18-6-2-1-3-7-18/h1-14H,(H,25,26)(H,27,28). The van der Waals surface area contributed by atoms with Gasteiger partial charge in [-0.05, 0) is 36.4 Å². The van der Waals surface area contributed by atoms with Crippen molar-refractivity contribution >= 4 is 28.9 Å². The number of carboxylic acid groups (broad SMARTS) is 1. The molecule has 0 atom stereocenters. The Labute approximate surface area is 176 Å². The first-order valence-electron chi connectivity index (χ1n) is 9.02. The van der Waals surface area contributed by atoms with E-state index in [1.807, 2.05) is 36.4 Å². The largest absolute Gasteiger partial charge is 0.478 e. The molecule has 7 heteroatoms. The molecule has 6 nitrogen and oxygen atoms in total. The van der Waals surface area contributed by atoms with Gasteiger partial charge in [-0.1, -0.05) is 36.4 Å². The molecule has 30 heavy (non-hydrogen) atoms. The zero-order valence-corrected chi connectivity index (χ0v) is 16.4. The number of nitrogens with one attached hydrogen (secondary N) is 1. The van der Waals surface area contributed by atoms with Gasteiger partial charge in [0.05, 0.1) is 11.8 Å². The molecule has 0 spiro atoms. The van der Waals surface area contributed by atoms with Crippen LogP contribution in [0.3, 0.4) is 0 Å². The first kappa shape index (κ1) is 19.4. The maximum Gasteiger partial charge on any atom is 0.335 e. The highest BCUT2D eigenvalue weighted by atomic mass is 32.1. The molecule has 2 N–H and O–H groups in total. The van der Waals surface area contributed by atoms with E-state index < -0.39 is 5.97 Å². The summed E-state index contributed by atoms with van der Waals surface area (Å²) in [7, 11) is 0. The fraction of sp³-hybridized carbons (Fsp3) is 0. The molecule has 0 unspecified atom stereocenters. The van der Waals surface area contributed by atoms with Gasteiger partial charge in [-0.3, -0.25) is 4.79 Å². The first-order chi connectivity index (χ1) is 14.6. The average molecular weight is 416 g/mol. The third-order valence-corrected chi connectivity index (χ3v) is 5.22. The molecule has 0 aliphatic heterocycles. The van der Waals surface area contributed by atoms with E-state index in [0.717, 1.165) is 5.56 Å². The van der Waals surface area contributed by atoms with Crippen molar-refractivity contribution in [2.24, 2.45) is 0 Å². The van der Waals surface area contributed by atoms with Gasteiger partial charge in [0.2, 0.25) is 0 Å². The van der Waals surface area contributed by atoms with Crippen LogP contribution in [-0.4, -0.2) is 22.0 Å². The van der Waals surface area contributed by atoms with Crippen LogP contribution in [0.5, 0.6) is 11.5 Å². The van der Waals surface area contributed by atoms with E-state index in [1.54, 1.807) is 30.3 Å². The Kier molecular flexibility index (Phi) is 5.54. The number of aromatic nitrogens is 1. The molecule has 0 aliphatic carbocycles. The predicted molar refractivity (Wildman–Crippen MR) is 115 cm³/mol. The Morgan fingerprint density at radius 2 is 1.63 bits per heavy atom. The molecule has 0 fully saturated rings. The number of carboxylic acids is 1. The predicted octanol–water partition coefficient (Wildman–Crippen LogP) is 5.55. The summed E-state index contributed by atoms with van der Waals surface area (Å²) < 4.78 is 5.79. The molecule has 0 aliphatic rings. The van der Waals surface area contributed by atoms with Crippen LogP contribution in [0.15, 0.2) is 85.1 Å². The Morgan fingerprint density at radius 3 is 2.37 bits per heavy atom. The lowest BCUT2D eigenvalue weighted by molar-refractivity contribution is 0.0696. The van der Waals surface area contributed by atoms with Crippen LogP contribution in [0.4, 0.5) is 5.69 Å². The number of nitrogens with zero attached hydrogens (tertiary/aromatic N) is 1. The van der Waals surface area contributed by atoms with Crippen molar-refractivity contribution in [2.45, 2.75) is 0 Å². The molecule has 0 bridgehead atoms. The van der Waals surface area contributed by atoms with Crippen LogP contribution in [0.1, 0.15) is 20.0 Å². The SMILES string of the molecule is O=C(O)c1ccc(-c2ncc(C(=O)Nc3cccc(Oc4ccccc4)c3)s2)cc1. The lowest BCUT2D eigenvalue weighted by Gasteiger charge is -2.08. The fourth-order valence-corrected chi connectivity index (χ4v) is 3.54. The average Bonchev–Trinajstić information content (AvgIpc) is 3.25. The van der Waals surface area contributed by atoms with Crippen LogP contribution in [-0.2, 0) is 0 Å². The molecule has 3 aromatic carbocycles. The Hall–Kier alpha value is -3.97. The zero-order valence-electron chi connectivity index (χ0n) is 15.6. The van der Waals surface area contributed by atoms with E-state index in [1.165, 1.54) is 29.7 Å². The molecular weight excluding hydrogens is 400 g/mol. The molecule has 0 saturated carbocycles. The number of aromatic carboxylic acids is 1. The summed E-state index contributed by atoms with van der Waals surface area (Å²) in [6.45, 7) is 0. The van der Waals surface area contributed by atoms with Gasteiger partial charge >= 0.3 is 5.97 Å². The van der Waals surface area contributed by atoms with Gasteiger partial charge in [-0.2, -0.15) is 0 Å². The number of benzene rings is 3. The summed E-state index contributed by atoms with van der Waals surface area (Å²) in [6, 6.07) is 22.9. The highest BCUT2D eigenvalue weighted by Crippen LogP contribution is 2.27. The number of para-hydroxylation sites is 1. The fourth-order valence-electron chi connectivity index (χ4n) is 2.72. The van der Waals surface area contributed by atoms with E-state index >= 15 is 0 Å². The second kappa shape index (κ2) is 8.59. The maximum absolute atomic E-state index is 12.6. The summed E-state index contributed by atoms with van der Waals surface area (Å²) in [6.07, 6.45) is 1.50. The molecule has 0 saturated heterocycles. The minimum atomic E-state index is -0.987. The van der Waals surface area contributed by atoms with Gasteiger partial charge in [0.1, 0.15) is 21.4 Å². The number of rotatable bonds is 6. The van der Waals surface area contributed by atoms with Gasteiger partial charge < -0.3 is 15.2 Å². The number of anilines is 1. The minimum absolute atomic E-state index is 0.200. The molecule has 4 aromatic rings. The van der Waals surface area contributed by atoms with Gasteiger partial charge in [0, 0.05) is 17.3 Å². The molecular formula is C23H16N2O4S. The monoisotopic (exact) mass is 416 g/mol. The van der Waals surface area contributed by atoms with Crippen LogP contribution in [0.2, 0.25) is 0 Å². The van der Waals surface area contributed by atoms with E-state index in [9.17, 15) is 9.59 Å². The molecule has 0 radical (unpaired) electrons. The quantitative estimate of drug-likeness (QED) is 0.430. The number of amides is 1. The van der Waals surface area contributed by atoms with Crippen LogP contribution in [0.25, 0.3) is 10.6 Å². The Balaban J connectivity index is 1.46. The summed E-state index contributed by atoms with van der Waals surface area (Å²) in [5, 5.41) is 12.5. The number of thiazole rings is 1. The minimum Gasteiger partial charge on any atom is -0.478 e. The van der Waals surface area contributed by atoms with Crippen molar-refractivity contribution in [3.8, 4) is 22.1 Å². The van der Waals surface area contributed by atoms with Crippen LogP contribution in [0, 0.1) is 0 Å². The second-order valence-electron chi connectivity index (χ2n) is 6.31. The topological polar surface area (TPSA) is 88.5 Å². The lowest BCUT2D eigenvalue weighted by atomic mass is 10.1. The summed E-state index contributed by atoms with van der Waals surface area (Å²) in [5.74, 6) is 0.0569. The van der Waals surface area contributed by atoms with Gasteiger partial charge in [0.15, 0.2) is 0 Å². The Morgan fingerprint density at radius 1 is 0.900 bits per heavy atom. The molecule has 1 heterocycles. The Bertz CT molecular complexity index is 1190. The van der Waals surface area contributed by atoms with Crippen molar-refractivity contribution < 1.29 is 19.4 Å². The van der Waals surface area contributed by atoms with Crippen molar-refractivity contribution in [1.82, 2.24) is 4.98 Å². The van der Waals surface area contributed by atoms with E-state index in [0.29, 0.717) is 27.1 Å². The molecule has 4 rings (SSSR count). The van der Waals surface area contributed by atoms with Crippen LogP contribution >= 0.6 is 11.3 Å². The molecule has 1 amide bonds. The van der Waals surface area contributed by atoms with E-state index in [4.69, 9.17) is 9.84 Å². The lowest BCUT2D eigenvalue weighted by Crippen LogP contribution is -2.10. The molecule has 1 aromatic heterocycles. The number of carbonyl (C=O) groups excluding carboxylic acids is 1. The maximum atomic E-state index is 12.6. The van der Waals surface area contributed by atoms with Gasteiger partial charge in [-0.25, -0.2) is 9.78 Å². The van der Waals surface area contributed by atoms with Gasteiger partial charge in [0.25, 0.3) is 5.91 Å². The highest BCUT2D eigenvalue weighted by molar-refractivity contribution is 7.17. The summed E-state index contributed by atoms with van der Waals surface area (Å²) in [5.41, 5.74) is 1.56. The van der Waals surface area contributed by atoms with E-state index in [-0.39, 0.29) is 11.5 Å². The number of ether oxygens (including phenoxy) is 1. The smallest absolute Gasteiger partial charge is 0.335 e. The van der Waals surface area contributed by atoms with Crippen molar-refractivity contribution in [3.05, 3.63) is 95.5 Å². The number of carbonyl (C=O) groups is 2.